The number of carboxylic acids is 1. The quantitative estimate of drug-likeness (QED) is 0.358. The van der Waals surface area contributed by atoms with Gasteiger partial charge >= 0.3 is 5.97 Å². The van der Waals surface area contributed by atoms with Crippen LogP contribution in [0, 0.1) is 0 Å². The van der Waals surface area contributed by atoms with Crippen molar-refractivity contribution in [3.63, 3.8) is 0 Å². The summed E-state index contributed by atoms with van der Waals surface area (Å²) in [4.78, 5) is 10.5. The molecule has 1 fully saturated rings. The van der Waals surface area contributed by atoms with Crippen molar-refractivity contribution >= 4 is 5.97 Å². The van der Waals surface area contributed by atoms with Crippen LogP contribution in [0.15, 0.2) is 48.6 Å². The van der Waals surface area contributed by atoms with Gasteiger partial charge in [-0.3, -0.25) is 4.79 Å². The van der Waals surface area contributed by atoms with Gasteiger partial charge in [0.1, 0.15) is 6.10 Å². The average Bonchev–Trinajstić information content (AvgIpc) is 3.04. The zero-order valence-electron chi connectivity index (χ0n) is 16.6. The van der Waals surface area contributed by atoms with E-state index in [0.29, 0.717) is 12.8 Å². The molecule has 0 amide bonds. The topological polar surface area (TPSA) is 107 Å². The summed E-state index contributed by atoms with van der Waals surface area (Å²) in [5.41, 5.74) is 0. The molecule has 0 aromatic carbocycles. The first-order valence-corrected chi connectivity index (χ1v) is 9.98. The first-order chi connectivity index (χ1) is 13.4. The van der Waals surface area contributed by atoms with Gasteiger partial charge in [0.05, 0.1) is 24.4 Å². The minimum absolute atomic E-state index is 0.106. The van der Waals surface area contributed by atoms with Gasteiger partial charge < -0.3 is 25.2 Å². The summed E-state index contributed by atoms with van der Waals surface area (Å²) in [6, 6.07) is 0. The normalized spacial score (nSPS) is 25.5. The highest BCUT2D eigenvalue weighted by molar-refractivity contribution is 5.66. The van der Waals surface area contributed by atoms with Crippen molar-refractivity contribution in [3.05, 3.63) is 48.6 Å². The minimum atomic E-state index is -0.968. The molecule has 0 spiro atoms. The summed E-state index contributed by atoms with van der Waals surface area (Å²) < 4.78 is 5.67. The molecular formula is C22H34O6. The van der Waals surface area contributed by atoms with E-state index >= 15 is 0 Å². The van der Waals surface area contributed by atoms with E-state index in [4.69, 9.17) is 9.84 Å². The van der Waals surface area contributed by atoms with E-state index in [1.165, 1.54) is 12.2 Å². The monoisotopic (exact) mass is 394 g/mol. The fourth-order valence-corrected chi connectivity index (χ4v) is 2.84. The summed E-state index contributed by atoms with van der Waals surface area (Å²) in [5.74, 6) is -0.968. The lowest BCUT2D eigenvalue weighted by atomic mass is 10.0. The number of allylic oxidation sites excluding steroid dienone is 5. The Morgan fingerprint density at radius 3 is 2.39 bits per heavy atom. The first kappa shape index (κ1) is 24.3. The maximum Gasteiger partial charge on any atom is 0.303 e. The lowest BCUT2D eigenvalue weighted by Gasteiger charge is -2.16. The fourth-order valence-electron chi connectivity index (χ4n) is 2.84. The van der Waals surface area contributed by atoms with Crippen LogP contribution in [-0.2, 0) is 9.53 Å². The van der Waals surface area contributed by atoms with E-state index in [1.807, 2.05) is 12.2 Å². The molecule has 0 aliphatic carbocycles. The van der Waals surface area contributed by atoms with Gasteiger partial charge in [-0.1, -0.05) is 55.5 Å². The number of ether oxygens (including phenoxy) is 1. The molecular weight excluding hydrogens is 360 g/mol. The smallest absolute Gasteiger partial charge is 0.303 e. The molecule has 1 rings (SSSR count). The fraction of sp³-hybridized carbons (Fsp3) is 0.591. The largest absolute Gasteiger partial charge is 0.481 e. The SMILES string of the molecule is CC/C=C\C/C=C\C/C=C\C[C@@H](O)[C@@H]1C[C@@H](O)[C@H](/C=C/[C@@H](O)CCC(=O)O)O1. The third kappa shape index (κ3) is 10.6. The van der Waals surface area contributed by atoms with Crippen molar-refractivity contribution in [2.45, 2.75) is 82.4 Å². The van der Waals surface area contributed by atoms with E-state index in [-0.39, 0.29) is 12.8 Å². The van der Waals surface area contributed by atoms with Gasteiger partial charge in [-0.25, -0.2) is 0 Å². The van der Waals surface area contributed by atoms with Crippen molar-refractivity contribution in [1.29, 1.82) is 0 Å². The average molecular weight is 395 g/mol. The molecule has 6 nitrogen and oxygen atoms in total. The van der Waals surface area contributed by atoms with E-state index in [2.05, 4.69) is 31.2 Å². The highest BCUT2D eigenvalue weighted by atomic mass is 16.5. The number of carboxylic acid groups (broad SMARTS) is 1. The molecule has 1 heterocycles. The molecule has 158 valence electrons. The van der Waals surface area contributed by atoms with Gasteiger partial charge in [-0.15, -0.1) is 0 Å². The zero-order chi connectivity index (χ0) is 20.8. The third-order valence-corrected chi connectivity index (χ3v) is 4.45. The maximum atomic E-state index is 10.5. The van der Waals surface area contributed by atoms with Crippen LogP contribution in [0.2, 0.25) is 0 Å². The van der Waals surface area contributed by atoms with Crippen molar-refractivity contribution in [1.82, 2.24) is 0 Å². The molecule has 0 aromatic heterocycles. The van der Waals surface area contributed by atoms with Crippen LogP contribution in [-0.4, -0.2) is 56.9 Å². The lowest BCUT2D eigenvalue weighted by molar-refractivity contribution is -0.137. The van der Waals surface area contributed by atoms with Crippen LogP contribution in [0.25, 0.3) is 0 Å². The number of aliphatic hydroxyl groups is 3. The summed E-state index contributed by atoms with van der Waals surface area (Å²) in [5, 5.41) is 38.6. The predicted octanol–water partition coefficient (Wildman–Crippen LogP) is 2.90. The highest BCUT2D eigenvalue weighted by Crippen LogP contribution is 2.25. The van der Waals surface area contributed by atoms with Crippen molar-refractivity contribution in [2.75, 3.05) is 0 Å². The van der Waals surface area contributed by atoms with Crippen LogP contribution >= 0.6 is 0 Å². The van der Waals surface area contributed by atoms with E-state index in [9.17, 15) is 20.1 Å². The molecule has 6 heteroatoms. The molecule has 1 aliphatic heterocycles. The molecule has 0 saturated carbocycles. The zero-order valence-corrected chi connectivity index (χ0v) is 16.6. The van der Waals surface area contributed by atoms with Crippen LogP contribution in [0.3, 0.4) is 0 Å². The van der Waals surface area contributed by atoms with Crippen molar-refractivity contribution < 1.29 is 30.0 Å². The molecule has 0 aromatic rings. The van der Waals surface area contributed by atoms with Crippen LogP contribution in [0.5, 0.6) is 0 Å². The number of aliphatic carboxylic acids is 1. The maximum absolute atomic E-state index is 10.5. The standard InChI is InChI=1S/C22H34O6/c1-2-3-4-5-6-7-8-9-10-11-18(24)21-16-19(25)20(28-21)14-12-17(23)13-15-22(26)27/h3-4,6-7,9-10,12,14,17-21,23-25H,2,5,8,11,13,15-16H2,1H3,(H,26,27)/b4-3-,7-6-,10-9-,14-12+/t17-,18-,19-,20+,21+/m1/s1. The minimum Gasteiger partial charge on any atom is -0.481 e. The molecule has 5 atom stereocenters. The third-order valence-electron chi connectivity index (χ3n) is 4.45. The summed E-state index contributed by atoms with van der Waals surface area (Å²) in [6.07, 6.45) is 15.4. The highest BCUT2D eigenvalue weighted by Gasteiger charge is 2.35. The first-order valence-electron chi connectivity index (χ1n) is 9.98. The van der Waals surface area contributed by atoms with E-state index < -0.39 is 36.5 Å². The second kappa shape index (κ2) is 14.3. The molecule has 28 heavy (non-hydrogen) atoms. The second-order valence-corrected chi connectivity index (χ2v) is 6.92. The molecule has 1 saturated heterocycles. The van der Waals surface area contributed by atoms with Gasteiger partial charge in [-0.05, 0) is 32.1 Å². The number of aliphatic hydroxyl groups excluding tert-OH is 3. The molecule has 0 unspecified atom stereocenters. The Balaban J connectivity index is 2.31. The van der Waals surface area contributed by atoms with Gasteiger partial charge in [-0.2, -0.15) is 0 Å². The van der Waals surface area contributed by atoms with E-state index in [0.717, 1.165) is 19.3 Å². The lowest BCUT2D eigenvalue weighted by Crippen LogP contribution is -2.25. The molecule has 0 radical (unpaired) electrons. The van der Waals surface area contributed by atoms with Crippen molar-refractivity contribution in [2.24, 2.45) is 0 Å². The van der Waals surface area contributed by atoms with Gasteiger partial charge in [0.25, 0.3) is 0 Å². The Labute approximate surface area is 167 Å². The number of hydrogen-bond donors (Lipinski definition) is 4. The second-order valence-electron chi connectivity index (χ2n) is 6.92. The Morgan fingerprint density at radius 1 is 1.11 bits per heavy atom. The molecule has 4 N–H and O–H groups in total. The Morgan fingerprint density at radius 2 is 1.75 bits per heavy atom. The predicted molar refractivity (Wildman–Crippen MR) is 109 cm³/mol. The summed E-state index contributed by atoms with van der Waals surface area (Å²) in [6.45, 7) is 2.10. The Hall–Kier alpha value is -1.73. The van der Waals surface area contributed by atoms with E-state index in [1.54, 1.807) is 0 Å². The molecule has 1 aliphatic rings. The van der Waals surface area contributed by atoms with Crippen LogP contribution in [0.1, 0.15) is 51.9 Å². The van der Waals surface area contributed by atoms with Crippen LogP contribution in [0.4, 0.5) is 0 Å². The van der Waals surface area contributed by atoms with Gasteiger partial charge in [0, 0.05) is 12.8 Å². The number of carbonyl (C=O) groups is 1. The summed E-state index contributed by atoms with van der Waals surface area (Å²) in [7, 11) is 0. The number of rotatable bonds is 13. The Bertz CT molecular complexity index is 551. The van der Waals surface area contributed by atoms with Gasteiger partial charge in [0.2, 0.25) is 0 Å². The number of hydrogen-bond acceptors (Lipinski definition) is 5. The molecule has 0 bridgehead atoms. The van der Waals surface area contributed by atoms with Gasteiger partial charge in [0.15, 0.2) is 0 Å². The van der Waals surface area contributed by atoms with Crippen molar-refractivity contribution in [3.8, 4) is 0 Å². The van der Waals surface area contributed by atoms with Crippen LogP contribution < -0.4 is 0 Å². The summed E-state index contributed by atoms with van der Waals surface area (Å²) >= 11 is 0. The Kier molecular flexibility index (Phi) is 12.4.